The van der Waals surface area contributed by atoms with Crippen molar-refractivity contribution >= 4 is 34.8 Å². The third kappa shape index (κ3) is 2.62. The molecule has 2 atom stereocenters. The highest BCUT2D eigenvalue weighted by molar-refractivity contribution is 6.38. The van der Waals surface area contributed by atoms with E-state index in [2.05, 4.69) is 5.16 Å². The molecule has 4 rings (SSSR count). The number of ether oxygens (including phenoxy) is 2. The SMILES string of the molecule is COc1ccc(OC)c(N2C(=O)[C@H]3C(c4ccccc4Cl)=NO[C@H]3C2=O)c1. The normalized spacial score (nSPS) is 21.0. The number of benzene rings is 2. The Bertz CT molecular complexity index is 974. The molecule has 0 bridgehead atoms. The Labute approximate surface area is 160 Å². The summed E-state index contributed by atoms with van der Waals surface area (Å²) >= 11 is 6.24. The highest BCUT2D eigenvalue weighted by Crippen LogP contribution is 2.40. The van der Waals surface area contributed by atoms with Crippen LogP contribution in [0.5, 0.6) is 11.5 Å². The molecule has 0 aliphatic carbocycles. The van der Waals surface area contributed by atoms with Gasteiger partial charge in [0.1, 0.15) is 23.1 Å². The molecule has 0 radical (unpaired) electrons. The second-order valence-corrected chi connectivity index (χ2v) is 6.42. The molecule has 2 amide bonds. The molecule has 27 heavy (non-hydrogen) atoms. The molecule has 2 aromatic carbocycles. The quantitative estimate of drug-likeness (QED) is 0.755. The van der Waals surface area contributed by atoms with Gasteiger partial charge in [0.05, 0.1) is 19.9 Å². The van der Waals surface area contributed by atoms with Gasteiger partial charge in [-0.3, -0.25) is 9.59 Å². The Kier molecular flexibility index (Phi) is 4.24. The van der Waals surface area contributed by atoms with Gasteiger partial charge in [-0.25, -0.2) is 4.90 Å². The number of oxime groups is 1. The summed E-state index contributed by atoms with van der Waals surface area (Å²) in [7, 11) is 2.96. The van der Waals surface area contributed by atoms with Crippen molar-refractivity contribution in [1.82, 2.24) is 0 Å². The number of nitrogens with zero attached hydrogens (tertiary/aromatic N) is 2. The minimum absolute atomic E-state index is 0.295. The standard InChI is InChI=1S/C19H15ClN2O5/c1-25-10-7-8-14(26-2)13(9-10)22-18(23)15-16(21-27-17(15)19(22)24)11-5-3-4-6-12(11)20/h3-9,15,17H,1-2H3/t15-,17+/m0/s1. The van der Waals surface area contributed by atoms with Crippen LogP contribution in [-0.2, 0) is 14.4 Å². The van der Waals surface area contributed by atoms with Crippen LogP contribution < -0.4 is 14.4 Å². The van der Waals surface area contributed by atoms with Crippen LogP contribution in [0.1, 0.15) is 5.56 Å². The number of carbonyl (C=O) groups is 2. The van der Waals surface area contributed by atoms with E-state index in [1.54, 1.807) is 42.5 Å². The van der Waals surface area contributed by atoms with Gasteiger partial charge in [0.25, 0.3) is 5.91 Å². The first-order valence-electron chi connectivity index (χ1n) is 8.15. The van der Waals surface area contributed by atoms with Crippen LogP contribution in [0.15, 0.2) is 47.6 Å². The predicted molar refractivity (Wildman–Crippen MR) is 98.4 cm³/mol. The topological polar surface area (TPSA) is 77.4 Å². The Morgan fingerprint density at radius 2 is 1.85 bits per heavy atom. The Morgan fingerprint density at radius 1 is 1.07 bits per heavy atom. The number of amides is 2. The molecule has 0 N–H and O–H groups in total. The van der Waals surface area contributed by atoms with Gasteiger partial charge in [-0.1, -0.05) is 35.0 Å². The van der Waals surface area contributed by atoms with Crippen molar-refractivity contribution in [3.8, 4) is 11.5 Å². The molecule has 0 saturated carbocycles. The summed E-state index contributed by atoms with van der Waals surface area (Å²) in [6.07, 6.45) is -1.03. The fourth-order valence-corrected chi connectivity index (χ4v) is 3.51. The zero-order valence-corrected chi connectivity index (χ0v) is 15.3. The Hall–Kier alpha value is -3.06. The molecule has 7 nitrogen and oxygen atoms in total. The van der Waals surface area contributed by atoms with Crippen molar-refractivity contribution in [2.24, 2.45) is 11.1 Å². The monoisotopic (exact) mass is 386 g/mol. The molecule has 2 aliphatic heterocycles. The molecule has 0 aromatic heterocycles. The van der Waals surface area contributed by atoms with Gasteiger partial charge < -0.3 is 14.3 Å². The Balaban J connectivity index is 1.76. The fraction of sp³-hybridized carbons (Fsp3) is 0.211. The molecule has 2 aromatic rings. The molecule has 138 valence electrons. The average molecular weight is 387 g/mol. The van der Waals surface area contributed by atoms with Crippen molar-refractivity contribution in [3.63, 3.8) is 0 Å². The van der Waals surface area contributed by atoms with Crippen LogP contribution in [-0.4, -0.2) is 37.8 Å². The highest BCUT2D eigenvalue weighted by Gasteiger charge is 2.56. The number of halogens is 1. The van der Waals surface area contributed by atoms with Gasteiger partial charge in [-0.2, -0.15) is 0 Å². The molecule has 0 spiro atoms. The fourth-order valence-electron chi connectivity index (χ4n) is 3.28. The van der Waals surface area contributed by atoms with E-state index >= 15 is 0 Å². The number of methoxy groups -OCH3 is 2. The van der Waals surface area contributed by atoms with Crippen LogP contribution in [0.3, 0.4) is 0 Å². The zero-order valence-electron chi connectivity index (χ0n) is 14.5. The smallest absolute Gasteiger partial charge is 0.279 e. The summed E-state index contributed by atoms with van der Waals surface area (Å²) in [5.74, 6) is -0.971. The van der Waals surface area contributed by atoms with Crippen LogP contribution in [0, 0.1) is 5.92 Å². The van der Waals surface area contributed by atoms with Crippen molar-refractivity contribution in [3.05, 3.63) is 53.1 Å². The van der Waals surface area contributed by atoms with E-state index in [4.69, 9.17) is 25.9 Å². The summed E-state index contributed by atoms with van der Waals surface area (Å²) in [4.78, 5) is 32.4. The van der Waals surface area contributed by atoms with Gasteiger partial charge in [-0.15, -0.1) is 0 Å². The first-order chi connectivity index (χ1) is 13.1. The van der Waals surface area contributed by atoms with Crippen molar-refractivity contribution in [1.29, 1.82) is 0 Å². The van der Waals surface area contributed by atoms with E-state index in [0.717, 1.165) is 4.90 Å². The van der Waals surface area contributed by atoms with E-state index in [9.17, 15) is 9.59 Å². The number of rotatable bonds is 4. The largest absolute Gasteiger partial charge is 0.497 e. The lowest BCUT2D eigenvalue weighted by Crippen LogP contribution is -2.33. The Morgan fingerprint density at radius 3 is 2.56 bits per heavy atom. The van der Waals surface area contributed by atoms with Crippen LogP contribution >= 0.6 is 11.6 Å². The first-order valence-corrected chi connectivity index (χ1v) is 8.53. The second kappa shape index (κ2) is 6.59. The third-order valence-electron chi connectivity index (χ3n) is 4.59. The van der Waals surface area contributed by atoms with Crippen LogP contribution in [0.2, 0.25) is 5.02 Å². The summed E-state index contributed by atoms with van der Waals surface area (Å²) < 4.78 is 10.5. The van der Waals surface area contributed by atoms with Gasteiger partial charge in [-0.05, 0) is 18.2 Å². The number of carbonyl (C=O) groups excluding carboxylic acids is 2. The zero-order chi connectivity index (χ0) is 19.1. The van der Waals surface area contributed by atoms with E-state index in [0.29, 0.717) is 33.5 Å². The van der Waals surface area contributed by atoms with Gasteiger partial charge in [0.15, 0.2) is 0 Å². The van der Waals surface area contributed by atoms with Gasteiger partial charge >= 0.3 is 0 Å². The van der Waals surface area contributed by atoms with Gasteiger partial charge in [0.2, 0.25) is 12.0 Å². The number of anilines is 1. The minimum Gasteiger partial charge on any atom is -0.497 e. The first kappa shape index (κ1) is 17.4. The van der Waals surface area contributed by atoms with Crippen molar-refractivity contribution in [2.75, 3.05) is 19.1 Å². The average Bonchev–Trinajstić information content (AvgIpc) is 3.22. The minimum atomic E-state index is -1.03. The third-order valence-corrected chi connectivity index (χ3v) is 4.92. The molecule has 0 unspecified atom stereocenters. The van der Waals surface area contributed by atoms with E-state index in [1.807, 2.05) is 0 Å². The maximum absolute atomic E-state index is 13.2. The highest BCUT2D eigenvalue weighted by atomic mass is 35.5. The second-order valence-electron chi connectivity index (χ2n) is 6.01. The molecule has 1 fully saturated rings. The van der Waals surface area contributed by atoms with Gasteiger partial charge in [0, 0.05) is 16.7 Å². The maximum atomic E-state index is 13.2. The number of hydrogen-bond donors (Lipinski definition) is 0. The summed E-state index contributed by atoms with van der Waals surface area (Å²) in [6.45, 7) is 0. The number of imide groups is 1. The molecular formula is C19H15ClN2O5. The van der Waals surface area contributed by atoms with E-state index in [1.165, 1.54) is 14.2 Å². The van der Waals surface area contributed by atoms with E-state index in [-0.39, 0.29) is 0 Å². The maximum Gasteiger partial charge on any atom is 0.279 e. The molecular weight excluding hydrogens is 372 g/mol. The van der Waals surface area contributed by atoms with Crippen LogP contribution in [0.4, 0.5) is 5.69 Å². The van der Waals surface area contributed by atoms with Crippen molar-refractivity contribution in [2.45, 2.75) is 6.10 Å². The van der Waals surface area contributed by atoms with Crippen LogP contribution in [0.25, 0.3) is 0 Å². The molecule has 8 heteroatoms. The number of fused-ring (bicyclic) bond motifs is 1. The molecule has 2 heterocycles. The predicted octanol–water partition coefficient (Wildman–Crippen LogP) is 2.65. The van der Waals surface area contributed by atoms with Crippen molar-refractivity contribution < 1.29 is 23.9 Å². The lowest BCUT2D eigenvalue weighted by molar-refractivity contribution is -0.126. The molecule has 2 aliphatic rings. The summed E-state index contributed by atoms with van der Waals surface area (Å²) in [6, 6.07) is 11.9. The lowest BCUT2D eigenvalue weighted by atomic mass is 9.94. The lowest BCUT2D eigenvalue weighted by Gasteiger charge is -2.19. The molecule has 1 saturated heterocycles. The summed E-state index contributed by atoms with van der Waals surface area (Å²) in [5, 5.41) is 4.39. The number of hydrogen-bond acceptors (Lipinski definition) is 6. The summed E-state index contributed by atoms with van der Waals surface area (Å²) in [5.41, 5.74) is 1.20. The van der Waals surface area contributed by atoms with E-state index < -0.39 is 23.8 Å².